The molecule has 0 aliphatic heterocycles. The standard InChI is InChI=1S/C29H19F4NO2/c1-17(19-5-3-2-4-6-19)11-18-7-9-20(10-8-18)21-12-26(32)28(27(33)13-21)29(35)36-22-14-24(30)23(16-34)25(31)15-22/h2-10,12-15,17H,11H2,1H3. The third kappa shape index (κ3) is 5.28. The van der Waals surface area contributed by atoms with Crippen LogP contribution in [0.15, 0.2) is 78.9 Å². The molecule has 1 atom stereocenters. The van der Waals surface area contributed by atoms with Crippen molar-refractivity contribution in [2.24, 2.45) is 0 Å². The van der Waals surface area contributed by atoms with E-state index in [4.69, 9.17) is 10.00 Å². The van der Waals surface area contributed by atoms with Gasteiger partial charge in [0.2, 0.25) is 0 Å². The zero-order valence-corrected chi connectivity index (χ0v) is 19.1. The third-order valence-electron chi connectivity index (χ3n) is 5.78. The number of hydrogen-bond acceptors (Lipinski definition) is 3. The summed E-state index contributed by atoms with van der Waals surface area (Å²) in [5.74, 6) is -6.72. The van der Waals surface area contributed by atoms with Gasteiger partial charge < -0.3 is 4.74 Å². The number of nitrogens with zero attached hydrogens (tertiary/aromatic N) is 1. The highest BCUT2D eigenvalue weighted by Gasteiger charge is 2.23. The predicted molar refractivity (Wildman–Crippen MR) is 126 cm³/mol. The van der Waals surface area contributed by atoms with E-state index in [1.54, 1.807) is 12.1 Å². The first kappa shape index (κ1) is 24.7. The molecule has 0 saturated heterocycles. The van der Waals surface area contributed by atoms with Gasteiger partial charge >= 0.3 is 5.97 Å². The Morgan fingerprint density at radius 2 is 1.42 bits per heavy atom. The maximum atomic E-state index is 14.7. The second kappa shape index (κ2) is 10.4. The van der Waals surface area contributed by atoms with Gasteiger partial charge in [0.15, 0.2) is 0 Å². The zero-order valence-electron chi connectivity index (χ0n) is 19.1. The van der Waals surface area contributed by atoms with Crippen molar-refractivity contribution in [3.05, 3.63) is 124 Å². The number of carbonyl (C=O) groups excluding carboxylic acids is 1. The monoisotopic (exact) mass is 489 g/mol. The number of hydrogen-bond donors (Lipinski definition) is 0. The van der Waals surface area contributed by atoms with Crippen molar-refractivity contribution in [1.82, 2.24) is 0 Å². The van der Waals surface area contributed by atoms with E-state index in [0.29, 0.717) is 17.7 Å². The van der Waals surface area contributed by atoms with E-state index in [9.17, 15) is 22.4 Å². The van der Waals surface area contributed by atoms with E-state index >= 15 is 0 Å². The van der Waals surface area contributed by atoms with Crippen LogP contribution in [0.4, 0.5) is 17.6 Å². The lowest BCUT2D eigenvalue weighted by molar-refractivity contribution is 0.0724. The van der Waals surface area contributed by atoms with Gasteiger partial charge in [-0.1, -0.05) is 61.5 Å². The van der Waals surface area contributed by atoms with Crippen LogP contribution in [0, 0.1) is 34.6 Å². The van der Waals surface area contributed by atoms with E-state index < -0.39 is 46.1 Å². The van der Waals surface area contributed by atoms with E-state index in [1.807, 2.05) is 30.3 Å². The number of benzene rings is 4. The normalized spacial score (nSPS) is 11.6. The minimum absolute atomic E-state index is 0.208. The van der Waals surface area contributed by atoms with Crippen molar-refractivity contribution < 1.29 is 27.1 Å². The molecule has 4 rings (SSSR count). The van der Waals surface area contributed by atoms with Crippen molar-refractivity contribution in [1.29, 1.82) is 5.26 Å². The average molecular weight is 489 g/mol. The Labute approximate surface area is 205 Å². The molecule has 0 saturated carbocycles. The Balaban J connectivity index is 1.52. The van der Waals surface area contributed by atoms with Gasteiger partial charge in [-0.15, -0.1) is 0 Å². The van der Waals surface area contributed by atoms with Crippen molar-refractivity contribution >= 4 is 5.97 Å². The molecule has 36 heavy (non-hydrogen) atoms. The topological polar surface area (TPSA) is 50.1 Å². The van der Waals surface area contributed by atoms with Gasteiger partial charge in [-0.05, 0) is 46.7 Å². The van der Waals surface area contributed by atoms with Crippen LogP contribution in [-0.2, 0) is 6.42 Å². The summed E-state index contributed by atoms with van der Waals surface area (Å²) in [4.78, 5) is 12.3. The first-order valence-corrected chi connectivity index (χ1v) is 11.0. The smallest absolute Gasteiger partial charge is 0.349 e. The van der Waals surface area contributed by atoms with Gasteiger partial charge in [0.1, 0.15) is 46.2 Å². The fourth-order valence-electron chi connectivity index (χ4n) is 3.89. The largest absolute Gasteiger partial charge is 0.423 e. The summed E-state index contributed by atoms with van der Waals surface area (Å²) in [7, 11) is 0. The molecule has 0 spiro atoms. The van der Waals surface area contributed by atoms with Crippen LogP contribution in [-0.4, -0.2) is 5.97 Å². The summed E-state index contributed by atoms with van der Waals surface area (Å²) in [6.07, 6.45) is 0.786. The molecule has 3 nitrogen and oxygen atoms in total. The van der Waals surface area contributed by atoms with E-state index in [1.165, 1.54) is 11.6 Å². The Bertz CT molecular complexity index is 1420. The molecule has 0 N–H and O–H groups in total. The summed E-state index contributed by atoms with van der Waals surface area (Å²) >= 11 is 0. The van der Waals surface area contributed by atoms with Gasteiger partial charge in [0, 0.05) is 12.1 Å². The van der Waals surface area contributed by atoms with Crippen molar-refractivity contribution in [2.45, 2.75) is 19.3 Å². The molecule has 180 valence electrons. The van der Waals surface area contributed by atoms with Gasteiger partial charge in [-0.2, -0.15) is 5.26 Å². The predicted octanol–water partition coefficient (Wildman–Crippen LogP) is 7.35. The Kier molecular flexibility index (Phi) is 7.16. The SMILES string of the molecule is CC(Cc1ccc(-c2cc(F)c(C(=O)Oc3cc(F)c(C#N)c(F)c3)c(F)c2)cc1)c1ccccc1. The Hall–Kier alpha value is -4.44. The van der Waals surface area contributed by atoms with Crippen LogP contribution in [0.2, 0.25) is 0 Å². The Morgan fingerprint density at radius 1 is 0.833 bits per heavy atom. The second-order valence-corrected chi connectivity index (χ2v) is 8.29. The molecule has 0 amide bonds. The van der Waals surface area contributed by atoms with Crippen molar-refractivity contribution in [3.63, 3.8) is 0 Å². The first-order valence-electron chi connectivity index (χ1n) is 11.0. The van der Waals surface area contributed by atoms with Gasteiger partial charge in [0.25, 0.3) is 0 Å². The lowest BCUT2D eigenvalue weighted by atomic mass is 9.93. The fourth-order valence-corrected chi connectivity index (χ4v) is 3.89. The maximum absolute atomic E-state index is 14.7. The molecular weight excluding hydrogens is 470 g/mol. The minimum atomic E-state index is -1.47. The van der Waals surface area contributed by atoms with E-state index in [2.05, 4.69) is 19.1 Å². The molecule has 0 heterocycles. The van der Waals surface area contributed by atoms with Gasteiger partial charge in [-0.3, -0.25) is 0 Å². The lowest BCUT2D eigenvalue weighted by Crippen LogP contribution is -2.14. The Morgan fingerprint density at radius 3 is 1.97 bits per heavy atom. The molecule has 4 aromatic rings. The fraction of sp³-hybridized carbons (Fsp3) is 0.103. The molecule has 1 unspecified atom stereocenters. The number of rotatable bonds is 6. The van der Waals surface area contributed by atoms with Crippen molar-refractivity contribution in [3.8, 4) is 22.9 Å². The average Bonchev–Trinajstić information content (AvgIpc) is 2.84. The van der Waals surface area contributed by atoms with Crippen LogP contribution < -0.4 is 4.74 Å². The van der Waals surface area contributed by atoms with Crippen LogP contribution in [0.25, 0.3) is 11.1 Å². The molecule has 0 bridgehead atoms. The molecule has 0 radical (unpaired) electrons. The number of nitriles is 1. The highest BCUT2D eigenvalue weighted by atomic mass is 19.1. The van der Waals surface area contributed by atoms with Gasteiger partial charge in [-0.25, -0.2) is 22.4 Å². The molecule has 0 fully saturated rings. The number of carbonyl (C=O) groups is 1. The molecule has 4 aromatic carbocycles. The quantitative estimate of drug-likeness (QED) is 0.162. The molecular formula is C29H19F4NO2. The maximum Gasteiger partial charge on any atom is 0.349 e. The van der Waals surface area contributed by atoms with Crippen LogP contribution in [0.3, 0.4) is 0 Å². The zero-order chi connectivity index (χ0) is 25.8. The molecule has 0 aliphatic carbocycles. The summed E-state index contributed by atoms with van der Waals surface area (Å²) in [5, 5.41) is 8.71. The highest BCUT2D eigenvalue weighted by molar-refractivity contribution is 5.92. The summed E-state index contributed by atoms with van der Waals surface area (Å²) in [6.45, 7) is 2.12. The van der Waals surface area contributed by atoms with Crippen LogP contribution in [0.1, 0.15) is 39.9 Å². The van der Waals surface area contributed by atoms with E-state index in [-0.39, 0.29) is 11.5 Å². The lowest BCUT2D eigenvalue weighted by Gasteiger charge is -2.13. The highest BCUT2D eigenvalue weighted by Crippen LogP contribution is 2.28. The summed E-state index contributed by atoms with van der Waals surface area (Å²) in [6, 6.07) is 21.8. The number of ether oxygens (including phenoxy) is 1. The van der Waals surface area contributed by atoms with Crippen LogP contribution in [0.5, 0.6) is 5.75 Å². The van der Waals surface area contributed by atoms with Crippen LogP contribution >= 0.6 is 0 Å². The number of esters is 1. The second-order valence-electron chi connectivity index (χ2n) is 8.29. The number of halogens is 4. The molecule has 7 heteroatoms. The molecule has 0 aliphatic rings. The van der Waals surface area contributed by atoms with E-state index in [0.717, 1.165) is 24.1 Å². The summed E-state index contributed by atoms with van der Waals surface area (Å²) in [5.41, 5.74) is 1.15. The third-order valence-corrected chi connectivity index (χ3v) is 5.78. The van der Waals surface area contributed by atoms with Crippen molar-refractivity contribution in [2.75, 3.05) is 0 Å². The molecule has 0 aromatic heterocycles. The minimum Gasteiger partial charge on any atom is -0.423 e. The first-order chi connectivity index (χ1) is 17.3. The van der Waals surface area contributed by atoms with Gasteiger partial charge in [0.05, 0.1) is 0 Å². The summed E-state index contributed by atoms with van der Waals surface area (Å²) < 4.78 is 61.7.